The Kier molecular flexibility index (Phi) is 4.90. The van der Waals surface area contributed by atoms with Gasteiger partial charge in [-0.05, 0) is 19.3 Å². The lowest BCUT2D eigenvalue weighted by molar-refractivity contribution is -0.140. The zero-order chi connectivity index (χ0) is 10.4. The largest absolute Gasteiger partial charge is 0.480 e. The third-order valence-electron chi connectivity index (χ3n) is 2.53. The minimum Gasteiger partial charge on any atom is -0.480 e. The third kappa shape index (κ3) is 3.64. The second-order valence-electron chi connectivity index (χ2n) is 3.73. The second-order valence-corrected chi connectivity index (χ2v) is 3.73. The molecule has 1 aliphatic rings. The van der Waals surface area contributed by atoms with Gasteiger partial charge in [0.25, 0.3) is 0 Å². The molecule has 0 saturated carbocycles. The molecular weight excluding hydrogens is 182 g/mol. The molecule has 0 aromatic carbocycles. The molecule has 4 heteroatoms. The van der Waals surface area contributed by atoms with Gasteiger partial charge in [0.1, 0.15) is 6.04 Å². The van der Waals surface area contributed by atoms with Crippen molar-refractivity contribution >= 4 is 5.97 Å². The molecule has 1 unspecified atom stereocenters. The zero-order valence-electron chi connectivity index (χ0n) is 8.66. The Morgan fingerprint density at radius 1 is 1.57 bits per heavy atom. The van der Waals surface area contributed by atoms with Crippen LogP contribution in [-0.2, 0) is 9.53 Å². The van der Waals surface area contributed by atoms with Gasteiger partial charge in [0.15, 0.2) is 0 Å². The Morgan fingerprint density at radius 2 is 2.21 bits per heavy atom. The van der Waals surface area contributed by atoms with Crippen molar-refractivity contribution in [2.24, 2.45) is 0 Å². The summed E-state index contributed by atoms with van der Waals surface area (Å²) in [7, 11) is 0. The van der Waals surface area contributed by atoms with Crippen molar-refractivity contribution in [3.8, 4) is 0 Å². The van der Waals surface area contributed by atoms with E-state index in [9.17, 15) is 4.79 Å². The molecule has 1 fully saturated rings. The van der Waals surface area contributed by atoms with Gasteiger partial charge in [-0.2, -0.15) is 0 Å². The van der Waals surface area contributed by atoms with Crippen LogP contribution in [-0.4, -0.2) is 36.4 Å². The van der Waals surface area contributed by atoms with Crippen molar-refractivity contribution in [2.45, 2.75) is 44.7 Å². The van der Waals surface area contributed by atoms with E-state index >= 15 is 0 Å². The molecular formula is C10H19NO3. The highest BCUT2D eigenvalue weighted by Gasteiger charge is 2.21. The lowest BCUT2D eigenvalue weighted by atomic mass is 10.1. The predicted molar refractivity (Wildman–Crippen MR) is 53.3 cm³/mol. The Balaban J connectivity index is 2.33. The quantitative estimate of drug-likeness (QED) is 0.697. The number of hydrogen-bond acceptors (Lipinski definition) is 3. The number of rotatable bonds is 5. The molecule has 1 atom stereocenters. The summed E-state index contributed by atoms with van der Waals surface area (Å²) in [4.78, 5) is 10.9. The van der Waals surface area contributed by atoms with Crippen LogP contribution in [0.5, 0.6) is 0 Å². The van der Waals surface area contributed by atoms with E-state index in [4.69, 9.17) is 9.84 Å². The molecule has 0 amide bonds. The fraction of sp³-hybridized carbons (Fsp3) is 0.900. The van der Waals surface area contributed by atoms with Gasteiger partial charge < -0.3 is 15.2 Å². The fourth-order valence-corrected chi connectivity index (χ4v) is 1.72. The SMILES string of the molecule is CCCC(NC1CCOCC1)C(=O)O. The van der Waals surface area contributed by atoms with E-state index in [0.717, 1.165) is 32.5 Å². The van der Waals surface area contributed by atoms with Crippen molar-refractivity contribution in [3.05, 3.63) is 0 Å². The molecule has 14 heavy (non-hydrogen) atoms. The van der Waals surface area contributed by atoms with E-state index in [1.54, 1.807) is 0 Å². The summed E-state index contributed by atoms with van der Waals surface area (Å²) in [6.07, 6.45) is 3.45. The number of aliphatic carboxylic acids is 1. The molecule has 2 N–H and O–H groups in total. The van der Waals surface area contributed by atoms with E-state index in [-0.39, 0.29) is 6.04 Å². The summed E-state index contributed by atoms with van der Waals surface area (Å²) in [5.41, 5.74) is 0. The lowest BCUT2D eigenvalue weighted by Gasteiger charge is -2.26. The van der Waals surface area contributed by atoms with Crippen LogP contribution < -0.4 is 5.32 Å². The summed E-state index contributed by atoms with van der Waals surface area (Å²) in [5, 5.41) is 12.1. The number of ether oxygens (including phenoxy) is 1. The van der Waals surface area contributed by atoms with Crippen LogP contribution in [0.15, 0.2) is 0 Å². The normalized spacial score (nSPS) is 20.6. The summed E-state index contributed by atoms with van der Waals surface area (Å²) in [6, 6.07) is -0.0699. The maximum atomic E-state index is 10.9. The van der Waals surface area contributed by atoms with E-state index in [2.05, 4.69) is 5.32 Å². The molecule has 1 saturated heterocycles. The molecule has 4 nitrogen and oxygen atoms in total. The highest BCUT2D eigenvalue weighted by molar-refractivity contribution is 5.73. The smallest absolute Gasteiger partial charge is 0.320 e. The predicted octanol–water partition coefficient (Wildman–Crippen LogP) is 1.01. The summed E-state index contributed by atoms with van der Waals surface area (Å²) < 4.78 is 5.21. The maximum absolute atomic E-state index is 10.9. The van der Waals surface area contributed by atoms with Crippen molar-refractivity contribution in [1.82, 2.24) is 5.32 Å². The van der Waals surface area contributed by atoms with Crippen LogP contribution in [0.2, 0.25) is 0 Å². The van der Waals surface area contributed by atoms with Gasteiger partial charge in [0.05, 0.1) is 0 Å². The van der Waals surface area contributed by atoms with E-state index in [0.29, 0.717) is 12.5 Å². The Morgan fingerprint density at radius 3 is 2.71 bits per heavy atom. The number of carboxylic acid groups (broad SMARTS) is 1. The average Bonchev–Trinajstić information content (AvgIpc) is 2.18. The van der Waals surface area contributed by atoms with Crippen LogP contribution in [0.25, 0.3) is 0 Å². The van der Waals surface area contributed by atoms with Gasteiger partial charge in [0.2, 0.25) is 0 Å². The first kappa shape index (κ1) is 11.5. The zero-order valence-corrected chi connectivity index (χ0v) is 8.66. The molecule has 0 aromatic heterocycles. The van der Waals surface area contributed by atoms with Gasteiger partial charge >= 0.3 is 5.97 Å². The van der Waals surface area contributed by atoms with Crippen LogP contribution in [0.1, 0.15) is 32.6 Å². The van der Waals surface area contributed by atoms with E-state index in [1.165, 1.54) is 0 Å². The Hall–Kier alpha value is -0.610. The van der Waals surface area contributed by atoms with Crippen molar-refractivity contribution < 1.29 is 14.6 Å². The Bertz CT molecular complexity index is 178. The lowest BCUT2D eigenvalue weighted by Crippen LogP contribution is -2.45. The molecule has 1 heterocycles. The van der Waals surface area contributed by atoms with Gasteiger partial charge in [-0.3, -0.25) is 4.79 Å². The first-order valence-corrected chi connectivity index (χ1v) is 5.30. The molecule has 0 spiro atoms. The summed E-state index contributed by atoms with van der Waals surface area (Å²) in [6.45, 7) is 3.49. The van der Waals surface area contributed by atoms with Crippen molar-refractivity contribution in [2.75, 3.05) is 13.2 Å². The van der Waals surface area contributed by atoms with Gasteiger partial charge in [-0.25, -0.2) is 0 Å². The molecule has 1 aliphatic heterocycles. The molecule has 82 valence electrons. The van der Waals surface area contributed by atoms with E-state index < -0.39 is 5.97 Å². The summed E-state index contributed by atoms with van der Waals surface area (Å²) in [5.74, 6) is -0.738. The molecule has 0 aromatic rings. The summed E-state index contributed by atoms with van der Waals surface area (Å²) >= 11 is 0. The first-order valence-electron chi connectivity index (χ1n) is 5.30. The topological polar surface area (TPSA) is 58.6 Å². The molecule has 1 rings (SSSR count). The number of carbonyl (C=O) groups is 1. The number of hydrogen-bond donors (Lipinski definition) is 2. The molecule has 0 radical (unpaired) electrons. The van der Waals surface area contributed by atoms with Crippen LogP contribution in [0.4, 0.5) is 0 Å². The van der Waals surface area contributed by atoms with Crippen molar-refractivity contribution in [1.29, 1.82) is 0 Å². The van der Waals surface area contributed by atoms with Crippen molar-refractivity contribution in [3.63, 3.8) is 0 Å². The highest BCUT2D eigenvalue weighted by Crippen LogP contribution is 2.09. The first-order chi connectivity index (χ1) is 6.74. The Labute approximate surface area is 84.6 Å². The maximum Gasteiger partial charge on any atom is 0.320 e. The van der Waals surface area contributed by atoms with Gasteiger partial charge in [0, 0.05) is 19.3 Å². The van der Waals surface area contributed by atoms with E-state index in [1.807, 2.05) is 6.92 Å². The minimum atomic E-state index is -0.738. The fourth-order valence-electron chi connectivity index (χ4n) is 1.72. The molecule has 0 bridgehead atoms. The number of carboxylic acids is 1. The molecule has 0 aliphatic carbocycles. The van der Waals surface area contributed by atoms with Crippen LogP contribution in [0, 0.1) is 0 Å². The number of nitrogens with one attached hydrogen (secondary N) is 1. The standard InChI is InChI=1S/C10H19NO3/c1-2-3-9(10(12)13)11-8-4-6-14-7-5-8/h8-9,11H,2-7H2,1H3,(H,12,13). The van der Waals surface area contributed by atoms with Crippen LogP contribution in [0.3, 0.4) is 0 Å². The monoisotopic (exact) mass is 201 g/mol. The average molecular weight is 201 g/mol. The van der Waals surface area contributed by atoms with Gasteiger partial charge in [-0.15, -0.1) is 0 Å². The highest BCUT2D eigenvalue weighted by atomic mass is 16.5. The minimum absolute atomic E-state index is 0.316. The third-order valence-corrected chi connectivity index (χ3v) is 2.53. The second kappa shape index (κ2) is 5.98. The van der Waals surface area contributed by atoms with Gasteiger partial charge in [-0.1, -0.05) is 13.3 Å². The van der Waals surface area contributed by atoms with Crippen LogP contribution >= 0.6 is 0 Å².